The highest BCUT2D eigenvalue weighted by molar-refractivity contribution is 7.89. The van der Waals surface area contributed by atoms with Crippen LogP contribution in [-0.2, 0) is 19.6 Å². The second-order valence-electron chi connectivity index (χ2n) is 6.21. The monoisotopic (exact) mass is 413 g/mol. The van der Waals surface area contributed by atoms with E-state index in [1.165, 1.54) is 23.5 Å². The fourth-order valence-corrected chi connectivity index (χ4v) is 4.44. The van der Waals surface area contributed by atoms with Gasteiger partial charge in [0.15, 0.2) is 6.61 Å². The Morgan fingerprint density at radius 1 is 1.19 bits per heavy atom. The van der Waals surface area contributed by atoms with Gasteiger partial charge < -0.3 is 4.74 Å². The molecule has 0 fully saturated rings. The van der Waals surface area contributed by atoms with Crippen molar-refractivity contribution in [3.05, 3.63) is 52.0 Å². The molecule has 1 aromatic heterocycles. The van der Waals surface area contributed by atoms with Crippen LogP contribution in [-0.4, -0.2) is 32.8 Å². The van der Waals surface area contributed by atoms with E-state index in [4.69, 9.17) is 4.74 Å². The molecule has 0 unspecified atom stereocenters. The molecule has 146 valence electrons. The average Bonchev–Trinajstić information content (AvgIpc) is 3.04. The standard InChI is InChI=1S/C18H20FNO5S2/c1-11(2)17(20-27(23,24)16-7-5-4-6-13(16)19)18(22)25-10-14(21)15-9-8-12(3)26-15/h4-9,11,17,20H,10H2,1-3H3/t17-/m0/s1. The molecule has 0 aliphatic heterocycles. The Hall–Kier alpha value is -2.10. The molecule has 6 nitrogen and oxygen atoms in total. The normalized spacial score (nSPS) is 12.8. The van der Waals surface area contributed by atoms with Gasteiger partial charge in [-0.15, -0.1) is 11.3 Å². The van der Waals surface area contributed by atoms with E-state index in [2.05, 4.69) is 4.72 Å². The number of aryl methyl sites for hydroxylation is 1. The van der Waals surface area contributed by atoms with Crippen molar-refractivity contribution >= 4 is 33.1 Å². The first-order valence-corrected chi connectivity index (χ1v) is 10.4. The molecule has 0 saturated heterocycles. The molecule has 0 saturated carbocycles. The zero-order valence-corrected chi connectivity index (χ0v) is 16.7. The Bertz CT molecular complexity index is 937. The van der Waals surface area contributed by atoms with Gasteiger partial charge in [0.05, 0.1) is 4.88 Å². The Labute approximate surface area is 161 Å². The van der Waals surface area contributed by atoms with Crippen LogP contribution >= 0.6 is 11.3 Å². The predicted octanol–water partition coefficient (Wildman–Crippen LogP) is 2.92. The third-order valence-corrected chi connectivity index (χ3v) is 6.21. The van der Waals surface area contributed by atoms with Crippen LogP contribution in [0.25, 0.3) is 0 Å². The van der Waals surface area contributed by atoms with Crippen LogP contribution in [0.5, 0.6) is 0 Å². The topological polar surface area (TPSA) is 89.5 Å². The lowest BCUT2D eigenvalue weighted by Crippen LogP contribution is -2.45. The molecule has 2 rings (SSSR count). The molecule has 0 bridgehead atoms. The van der Waals surface area contributed by atoms with Crippen molar-refractivity contribution in [2.24, 2.45) is 5.92 Å². The van der Waals surface area contributed by atoms with Crippen LogP contribution in [0, 0.1) is 18.7 Å². The van der Waals surface area contributed by atoms with Gasteiger partial charge in [0.25, 0.3) is 0 Å². The van der Waals surface area contributed by atoms with Crippen molar-refractivity contribution in [3.8, 4) is 0 Å². The van der Waals surface area contributed by atoms with Gasteiger partial charge >= 0.3 is 5.97 Å². The minimum atomic E-state index is -4.28. The number of ketones is 1. The largest absolute Gasteiger partial charge is 0.456 e. The van der Waals surface area contributed by atoms with E-state index in [0.717, 1.165) is 17.0 Å². The summed E-state index contributed by atoms with van der Waals surface area (Å²) in [5.41, 5.74) is 0. The van der Waals surface area contributed by atoms with E-state index in [0.29, 0.717) is 4.88 Å². The van der Waals surface area contributed by atoms with Crippen LogP contribution in [0.2, 0.25) is 0 Å². The van der Waals surface area contributed by atoms with E-state index < -0.39 is 45.3 Å². The second-order valence-corrected chi connectivity index (χ2v) is 9.18. The molecular formula is C18H20FNO5S2. The van der Waals surface area contributed by atoms with E-state index in [-0.39, 0.29) is 5.78 Å². The molecule has 0 amide bonds. The number of Topliss-reactive ketones (excluding diaryl/α,β-unsaturated/α-hetero) is 1. The zero-order valence-electron chi connectivity index (χ0n) is 15.1. The number of nitrogens with one attached hydrogen (secondary N) is 1. The lowest BCUT2D eigenvalue weighted by atomic mass is 10.1. The van der Waals surface area contributed by atoms with E-state index in [9.17, 15) is 22.4 Å². The highest BCUT2D eigenvalue weighted by Gasteiger charge is 2.31. The van der Waals surface area contributed by atoms with E-state index >= 15 is 0 Å². The van der Waals surface area contributed by atoms with Crippen molar-refractivity contribution in [1.82, 2.24) is 4.72 Å². The first kappa shape index (κ1) is 21.2. The summed E-state index contributed by atoms with van der Waals surface area (Å²) in [6, 6.07) is 7.01. The molecule has 1 atom stereocenters. The van der Waals surface area contributed by atoms with Crippen LogP contribution in [0.4, 0.5) is 4.39 Å². The average molecular weight is 413 g/mol. The van der Waals surface area contributed by atoms with Crippen LogP contribution in [0.1, 0.15) is 28.4 Å². The third-order valence-electron chi connectivity index (χ3n) is 3.69. The van der Waals surface area contributed by atoms with Crippen molar-refractivity contribution in [1.29, 1.82) is 0 Å². The predicted molar refractivity (Wildman–Crippen MR) is 99.7 cm³/mol. The third kappa shape index (κ3) is 5.44. The number of carbonyl (C=O) groups excluding carboxylic acids is 2. The van der Waals surface area contributed by atoms with Gasteiger partial charge in [0.2, 0.25) is 15.8 Å². The van der Waals surface area contributed by atoms with Gasteiger partial charge in [-0.05, 0) is 37.1 Å². The number of esters is 1. The molecule has 2 aromatic rings. The quantitative estimate of drug-likeness (QED) is 0.531. The van der Waals surface area contributed by atoms with E-state index in [1.54, 1.807) is 26.0 Å². The molecule has 1 heterocycles. The number of ether oxygens (including phenoxy) is 1. The second kappa shape index (κ2) is 8.73. The highest BCUT2D eigenvalue weighted by Crippen LogP contribution is 2.17. The number of sulfonamides is 1. The number of rotatable bonds is 8. The number of carbonyl (C=O) groups is 2. The van der Waals surface area contributed by atoms with Gasteiger partial charge in [0, 0.05) is 4.88 Å². The fraction of sp³-hybridized carbons (Fsp3) is 0.333. The smallest absolute Gasteiger partial charge is 0.324 e. The molecule has 1 aromatic carbocycles. The van der Waals surface area contributed by atoms with Crippen LogP contribution in [0.3, 0.4) is 0 Å². The summed E-state index contributed by atoms with van der Waals surface area (Å²) in [5.74, 6) is -2.67. The van der Waals surface area contributed by atoms with Crippen LogP contribution < -0.4 is 4.72 Å². The fourth-order valence-electron chi connectivity index (χ4n) is 2.23. The van der Waals surface area contributed by atoms with Crippen molar-refractivity contribution < 1.29 is 27.1 Å². The number of hydrogen-bond acceptors (Lipinski definition) is 6. The summed E-state index contributed by atoms with van der Waals surface area (Å²) in [5, 5.41) is 0. The Balaban J connectivity index is 2.09. The molecule has 0 spiro atoms. The summed E-state index contributed by atoms with van der Waals surface area (Å²) >= 11 is 1.28. The molecule has 1 N–H and O–H groups in total. The summed E-state index contributed by atoms with van der Waals surface area (Å²) < 4.78 is 45.8. The number of halogens is 1. The Morgan fingerprint density at radius 3 is 2.41 bits per heavy atom. The minimum Gasteiger partial charge on any atom is -0.456 e. The number of hydrogen-bond donors (Lipinski definition) is 1. The van der Waals surface area contributed by atoms with Gasteiger partial charge in [0.1, 0.15) is 16.8 Å². The molecule has 27 heavy (non-hydrogen) atoms. The highest BCUT2D eigenvalue weighted by atomic mass is 32.2. The summed E-state index contributed by atoms with van der Waals surface area (Å²) in [6.07, 6.45) is 0. The Morgan fingerprint density at radius 2 is 1.85 bits per heavy atom. The Kier molecular flexibility index (Phi) is 6.85. The van der Waals surface area contributed by atoms with Crippen molar-refractivity contribution in [2.75, 3.05) is 6.61 Å². The molecule has 9 heteroatoms. The molecular weight excluding hydrogens is 393 g/mol. The van der Waals surface area contributed by atoms with Gasteiger partial charge in [-0.2, -0.15) is 4.72 Å². The van der Waals surface area contributed by atoms with Gasteiger partial charge in [-0.25, -0.2) is 12.8 Å². The van der Waals surface area contributed by atoms with Crippen LogP contribution in [0.15, 0.2) is 41.3 Å². The SMILES string of the molecule is Cc1ccc(C(=O)COC(=O)[C@@H](NS(=O)(=O)c2ccccc2F)C(C)C)s1. The molecule has 0 aliphatic carbocycles. The van der Waals surface area contributed by atoms with Gasteiger partial charge in [-0.1, -0.05) is 26.0 Å². The zero-order chi connectivity index (χ0) is 20.2. The van der Waals surface area contributed by atoms with Gasteiger partial charge in [-0.3, -0.25) is 9.59 Å². The summed E-state index contributed by atoms with van der Waals surface area (Å²) in [4.78, 5) is 25.2. The van der Waals surface area contributed by atoms with Crippen molar-refractivity contribution in [2.45, 2.75) is 31.7 Å². The van der Waals surface area contributed by atoms with Crippen molar-refractivity contribution in [3.63, 3.8) is 0 Å². The molecule has 0 aliphatic rings. The maximum Gasteiger partial charge on any atom is 0.324 e. The summed E-state index contributed by atoms with van der Waals surface area (Å²) in [6.45, 7) is 4.57. The maximum absolute atomic E-state index is 13.8. The number of thiophene rings is 1. The lowest BCUT2D eigenvalue weighted by Gasteiger charge is -2.20. The maximum atomic E-state index is 13.8. The lowest BCUT2D eigenvalue weighted by molar-refractivity contribution is -0.145. The summed E-state index contributed by atoms with van der Waals surface area (Å²) in [7, 11) is -4.28. The first-order valence-electron chi connectivity index (χ1n) is 8.15. The van der Waals surface area contributed by atoms with E-state index in [1.807, 2.05) is 6.92 Å². The number of benzene rings is 1. The molecule has 0 radical (unpaired) electrons. The minimum absolute atomic E-state index is 0.374. The first-order chi connectivity index (χ1) is 12.6.